The molecule has 2 amide bonds. The molecule has 5 nitrogen and oxygen atoms in total. The first-order valence-corrected chi connectivity index (χ1v) is 4.12. The molecule has 0 bridgehead atoms. The largest absolute Gasteiger partial charge is 0.338 e. The number of carbonyl (C=O) groups is 1. The van der Waals surface area contributed by atoms with Crippen LogP contribution < -0.4 is 10.6 Å². The van der Waals surface area contributed by atoms with Gasteiger partial charge in [0.25, 0.3) is 0 Å². The summed E-state index contributed by atoms with van der Waals surface area (Å²) in [5.41, 5.74) is 0.594. The summed E-state index contributed by atoms with van der Waals surface area (Å²) in [5.74, 6) is 0. The van der Waals surface area contributed by atoms with Crippen molar-refractivity contribution in [2.24, 2.45) is 0 Å². The van der Waals surface area contributed by atoms with Crippen molar-refractivity contribution in [1.29, 1.82) is 0 Å². The Hall–Kier alpha value is -1.65. The summed E-state index contributed by atoms with van der Waals surface area (Å²) in [7, 11) is 0. The third-order valence-corrected chi connectivity index (χ3v) is 1.35. The fraction of sp³-hybridized carbons (Fsp3) is 0.375. The van der Waals surface area contributed by atoms with E-state index in [2.05, 4.69) is 20.6 Å². The van der Waals surface area contributed by atoms with Gasteiger partial charge in [-0.05, 0) is 6.42 Å². The standard InChI is InChI=1S/C8H12N4O/c1-2-3-11-8(13)12-7-4-9-6-10-5-7/h4-6H,2-3H2,1H3,(H2,11,12,13). The van der Waals surface area contributed by atoms with Gasteiger partial charge in [0.2, 0.25) is 0 Å². The van der Waals surface area contributed by atoms with E-state index in [-0.39, 0.29) is 6.03 Å². The molecule has 1 heterocycles. The van der Waals surface area contributed by atoms with Crippen LogP contribution in [-0.4, -0.2) is 22.5 Å². The first-order chi connectivity index (χ1) is 6.33. The number of carbonyl (C=O) groups excluding carboxylic acids is 1. The Balaban J connectivity index is 2.37. The number of aromatic nitrogens is 2. The molecule has 13 heavy (non-hydrogen) atoms. The molecule has 0 saturated carbocycles. The summed E-state index contributed by atoms with van der Waals surface area (Å²) in [6.45, 7) is 2.66. The highest BCUT2D eigenvalue weighted by Crippen LogP contribution is 1.98. The highest BCUT2D eigenvalue weighted by atomic mass is 16.2. The van der Waals surface area contributed by atoms with Crippen molar-refractivity contribution in [3.8, 4) is 0 Å². The average molecular weight is 180 g/mol. The first kappa shape index (κ1) is 9.44. The number of nitrogens with zero attached hydrogens (tertiary/aromatic N) is 2. The summed E-state index contributed by atoms with van der Waals surface area (Å²) >= 11 is 0. The number of hydrogen-bond acceptors (Lipinski definition) is 3. The number of anilines is 1. The van der Waals surface area contributed by atoms with E-state index in [1.165, 1.54) is 6.33 Å². The highest BCUT2D eigenvalue weighted by molar-refractivity contribution is 5.88. The quantitative estimate of drug-likeness (QED) is 0.729. The van der Waals surface area contributed by atoms with Gasteiger partial charge in [0, 0.05) is 6.54 Å². The van der Waals surface area contributed by atoms with Gasteiger partial charge in [0.05, 0.1) is 18.1 Å². The predicted molar refractivity (Wildman–Crippen MR) is 49.3 cm³/mol. The van der Waals surface area contributed by atoms with Gasteiger partial charge in [-0.15, -0.1) is 0 Å². The molecule has 0 radical (unpaired) electrons. The second-order valence-electron chi connectivity index (χ2n) is 2.51. The van der Waals surface area contributed by atoms with Crippen molar-refractivity contribution >= 4 is 11.7 Å². The lowest BCUT2D eigenvalue weighted by Gasteiger charge is -2.04. The zero-order chi connectivity index (χ0) is 9.52. The molecule has 0 spiro atoms. The SMILES string of the molecule is CCCNC(=O)Nc1cncnc1. The van der Waals surface area contributed by atoms with Gasteiger partial charge in [-0.1, -0.05) is 6.92 Å². The number of amides is 2. The Morgan fingerprint density at radius 1 is 1.46 bits per heavy atom. The molecule has 0 atom stereocenters. The minimum Gasteiger partial charge on any atom is -0.338 e. The van der Waals surface area contributed by atoms with Crippen LogP contribution in [0.4, 0.5) is 10.5 Å². The molecule has 1 rings (SSSR count). The molecule has 0 aromatic carbocycles. The van der Waals surface area contributed by atoms with E-state index in [4.69, 9.17) is 0 Å². The van der Waals surface area contributed by atoms with E-state index >= 15 is 0 Å². The van der Waals surface area contributed by atoms with Crippen molar-refractivity contribution in [1.82, 2.24) is 15.3 Å². The molecular weight excluding hydrogens is 168 g/mol. The van der Waals surface area contributed by atoms with E-state index in [9.17, 15) is 4.79 Å². The maximum atomic E-state index is 11.1. The van der Waals surface area contributed by atoms with Crippen LogP contribution in [-0.2, 0) is 0 Å². The lowest BCUT2D eigenvalue weighted by molar-refractivity contribution is 0.252. The van der Waals surface area contributed by atoms with Crippen LogP contribution in [0, 0.1) is 0 Å². The maximum Gasteiger partial charge on any atom is 0.319 e. The molecular formula is C8H12N4O. The molecule has 0 aliphatic rings. The van der Waals surface area contributed by atoms with Crippen molar-refractivity contribution in [3.05, 3.63) is 18.7 Å². The predicted octanol–water partition coefficient (Wildman–Crippen LogP) is 1.01. The molecule has 0 aliphatic carbocycles. The Morgan fingerprint density at radius 3 is 2.77 bits per heavy atom. The summed E-state index contributed by atoms with van der Waals surface area (Å²) in [4.78, 5) is 18.6. The molecule has 0 saturated heterocycles. The molecule has 0 unspecified atom stereocenters. The Labute approximate surface area is 76.6 Å². The Kier molecular flexibility index (Phi) is 3.69. The zero-order valence-corrected chi connectivity index (χ0v) is 7.45. The molecule has 0 fully saturated rings. The number of rotatable bonds is 3. The van der Waals surface area contributed by atoms with E-state index in [1.807, 2.05) is 6.92 Å². The van der Waals surface area contributed by atoms with Gasteiger partial charge in [0.15, 0.2) is 0 Å². The van der Waals surface area contributed by atoms with Crippen LogP contribution >= 0.6 is 0 Å². The topological polar surface area (TPSA) is 66.9 Å². The smallest absolute Gasteiger partial charge is 0.319 e. The van der Waals surface area contributed by atoms with Gasteiger partial charge in [-0.3, -0.25) is 0 Å². The van der Waals surface area contributed by atoms with E-state index < -0.39 is 0 Å². The van der Waals surface area contributed by atoms with Gasteiger partial charge in [0.1, 0.15) is 6.33 Å². The van der Waals surface area contributed by atoms with Crippen molar-refractivity contribution in [3.63, 3.8) is 0 Å². The molecule has 0 aliphatic heterocycles. The highest BCUT2D eigenvalue weighted by Gasteiger charge is 1.98. The molecule has 1 aromatic heterocycles. The zero-order valence-electron chi connectivity index (χ0n) is 7.45. The van der Waals surface area contributed by atoms with Crippen LogP contribution in [0.5, 0.6) is 0 Å². The van der Waals surface area contributed by atoms with Gasteiger partial charge >= 0.3 is 6.03 Å². The third-order valence-electron chi connectivity index (χ3n) is 1.35. The summed E-state index contributed by atoms with van der Waals surface area (Å²) in [6.07, 6.45) is 5.41. The fourth-order valence-corrected chi connectivity index (χ4v) is 0.777. The third kappa shape index (κ3) is 3.50. The van der Waals surface area contributed by atoms with E-state index in [0.29, 0.717) is 12.2 Å². The molecule has 5 heteroatoms. The van der Waals surface area contributed by atoms with Crippen LogP contribution in [0.25, 0.3) is 0 Å². The van der Waals surface area contributed by atoms with E-state index in [1.54, 1.807) is 12.4 Å². The summed E-state index contributed by atoms with van der Waals surface area (Å²) < 4.78 is 0. The van der Waals surface area contributed by atoms with Crippen LogP contribution in [0.1, 0.15) is 13.3 Å². The van der Waals surface area contributed by atoms with Gasteiger partial charge in [-0.2, -0.15) is 0 Å². The van der Waals surface area contributed by atoms with Gasteiger partial charge in [-0.25, -0.2) is 14.8 Å². The molecule has 2 N–H and O–H groups in total. The Bertz CT molecular complexity index is 262. The van der Waals surface area contributed by atoms with Crippen molar-refractivity contribution in [2.45, 2.75) is 13.3 Å². The molecule has 1 aromatic rings. The van der Waals surface area contributed by atoms with Gasteiger partial charge < -0.3 is 10.6 Å². The average Bonchev–Trinajstić information content (AvgIpc) is 2.16. The van der Waals surface area contributed by atoms with E-state index in [0.717, 1.165) is 6.42 Å². The van der Waals surface area contributed by atoms with Crippen molar-refractivity contribution < 1.29 is 4.79 Å². The summed E-state index contributed by atoms with van der Waals surface area (Å²) in [5, 5.41) is 5.28. The normalized spacial score (nSPS) is 9.31. The summed E-state index contributed by atoms with van der Waals surface area (Å²) in [6, 6.07) is -0.225. The van der Waals surface area contributed by atoms with Crippen LogP contribution in [0.15, 0.2) is 18.7 Å². The first-order valence-electron chi connectivity index (χ1n) is 4.12. The maximum absolute atomic E-state index is 11.1. The molecule has 70 valence electrons. The number of hydrogen-bond donors (Lipinski definition) is 2. The van der Waals surface area contributed by atoms with Crippen molar-refractivity contribution in [2.75, 3.05) is 11.9 Å². The minimum atomic E-state index is -0.225. The number of urea groups is 1. The fourth-order valence-electron chi connectivity index (χ4n) is 0.777. The minimum absolute atomic E-state index is 0.225. The second-order valence-corrected chi connectivity index (χ2v) is 2.51. The lowest BCUT2D eigenvalue weighted by atomic mass is 10.5. The Morgan fingerprint density at radius 2 is 2.15 bits per heavy atom. The second kappa shape index (κ2) is 5.08. The lowest BCUT2D eigenvalue weighted by Crippen LogP contribution is -2.29. The van der Waals surface area contributed by atoms with Crippen LogP contribution in [0.3, 0.4) is 0 Å². The monoisotopic (exact) mass is 180 g/mol. The van der Waals surface area contributed by atoms with Crippen LogP contribution in [0.2, 0.25) is 0 Å². The number of nitrogens with one attached hydrogen (secondary N) is 2.